The monoisotopic (exact) mass is 419 g/mol. The van der Waals surface area contributed by atoms with Crippen LogP contribution in [0, 0.1) is 31.6 Å². The van der Waals surface area contributed by atoms with Gasteiger partial charge in [-0.15, -0.1) is 11.3 Å². The fourth-order valence-electron chi connectivity index (χ4n) is 5.56. The molecule has 2 saturated carbocycles. The fraction of sp³-hybridized carbons (Fsp3) is 0.440. The summed E-state index contributed by atoms with van der Waals surface area (Å²) in [4.78, 5) is 17.3. The number of aromatic nitrogens is 2. The second kappa shape index (κ2) is 8.03. The number of fused-ring (bicyclic) bond motifs is 2. The van der Waals surface area contributed by atoms with Gasteiger partial charge in [-0.1, -0.05) is 36.8 Å². The summed E-state index contributed by atoms with van der Waals surface area (Å²) in [6, 6.07) is 12.7. The van der Waals surface area contributed by atoms with Crippen molar-refractivity contribution in [1.82, 2.24) is 9.55 Å². The summed E-state index contributed by atoms with van der Waals surface area (Å²) in [6.07, 6.45) is 5.94. The van der Waals surface area contributed by atoms with E-state index in [0.29, 0.717) is 17.5 Å². The molecule has 5 heteroatoms. The summed E-state index contributed by atoms with van der Waals surface area (Å²) < 4.78 is 2.33. The first kappa shape index (κ1) is 19.6. The molecular weight excluding hydrogens is 390 g/mol. The largest absolute Gasteiger partial charge is 0.344 e. The molecule has 0 aliphatic heterocycles. The maximum absolute atomic E-state index is 12.6. The summed E-state index contributed by atoms with van der Waals surface area (Å²) in [5.41, 5.74) is 5.82. The molecule has 1 N–H and O–H groups in total. The van der Waals surface area contributed by atoms with E-state index in [1.807, 2.05) is 6.07 Å². The SMILES string of the molecule is Cc1cc(-c2csc(NC(=O)C[C@H]3C[C@@H]4CC[C@@H]3C4)n2)c(C)n1Cc1ccccc1. The Kier molecular flexibility index (Phi) is 5.23. The number of rotatable bonds is 6. The number of thiazole rings is 1. The van der Waals surface area contributed by atoms with Crippen LogP contribution >= 0.6 is 11.3 Å². The molecule has 5 rings (SSSR count). The van der Waals surface area contributed by atoms with Gasteiger partial charge in [-0.2, -0.15) is 0 Å². The molecule has 30 heavy (non-hydrogen) atoms. The van der Waals surface area contributed by atoms with E-state index in [1.165, 1.54) is 54.0 Å². The van der Waals surface area contributed by atoms with Crippen LogP contribution < -0.4 is 5.32 Å². The second-order valence-corrected chi connectivity index (χ2v) is 9.94. The van der Waals surface area contributed by atoms with Crippen LogP contribution in [0.1, 0.15) is 49.1 Å². The lowest BCUT2D eigenvalue weighted by molar-refractivity contribution is -0.117. The maximum atomic E-state index is 12.6. The summed E-state index contributed by atoms with van der Waals surface area (Å²) >= 11 is 1.52. The van der Waals surface area contributed by atoms with Crippen molar-refractivity contribution in [2.45, 2.75) is 52.5 Å². The Labute approximate surface area is 182 Å². The predicted molar refractivity (Wildman–Crippen MR) is 123 cm³/mol. The van der Waals surface area contributed by atoms with Crippen molar-refractivity contribution in [2.24, 2.45) is 17.8 Å². The molecule has 3 atom stereocenters. The van der Waals surface area contributed by atoms with Crippen LogP contribution in [0.15, 0.2) is 41.8 Å². The lowest BCUT2D eigenvalue weighted by Gasteiger charge is -2.20. The van der Waals surface area contributed by atoms with E-state index in [4.69, 9.17) is 4.98 Å². The van der Waals surface area contributed by atoms with E-state index in [2.05, 4.69) is 59.4 Å². The first-order valence-electron chi connectivity index (χ1n) is 11.0. The molecule has 2 heterocycles. The third-order valence-electron chi connectivity index (χ3n) is 7.12. The van der Waals surface area contributed by atoms with E-state index < -0.39 is 0 Å². The van der Waals surface area contributed by atoms with Gasteiger partial charge in [0.1, 0.15) is 0 Å². The highest BCUT2D eigenvalue weighted by atomic mass is 32.1. The highest BCUT2D eigenvalue weighted by molar-refractivity contribution is 7.14. The van der Waals surface area contributed by atoms with Crippen molar-refractivity contribution in [2.75, 3.05) is 5.32 Å². The van der Waals surface area contributed by atoms with Crippen molar-refractivity contribution < 1.29 is 4.79 Å². The van der Waals surface area contributed by atoms with E-state index in [9.17, 15) is 4.79 Å². The molecule has 1 amide bonds. The standard InChI is InChI=1S/C25H29N3OS/c1-16-10-22(17(2)28(16)14-18-6-4-3-5-7-18)23-15-30-25(26-23)27-24(29)13-21-12-19-8-9-20(21)11-19/h3-7,10,15,19-21H,8-9,11-14H2,1-2H3,(H,26,27,29)/t19-,20-,21-/m1/s1. The normalized spacial score (nSPS) is 22.5. The third-order valence-corrected chi connectivity index (χ3v) is 7.87. The predicted octanol–water partition coefficient (Wildman–Crippen LogP) is 6.04. The number of nitrogens with one attached hydrogen (secondary N) is 1. The Balaban J connectivity index is 1.27. The molecule has 2 fully saturated rings. The van der Waals surface area contributed by atoms with Gasteiger partial charge in [-0.25, -0.2) is 4.98 Å². The minimum Gasteiger partial charge on any atom is -0.344 e. The first-order valence-corrected chi connectivity index (χ1v) is 11.9. The van der Waals surface area contributed by atoms with Crippen LogP contribution in [0.5, 0.6) is 0 Å². The number of amides is 1. The number of carbonyl (C=O) groups excluding carboxylic acids is 1. The van der Waals surface area contributed by atoms with Crippen LogP contribution in [0.3, 0.4) is 0 Å². The average Bonchev–Trinajstić information content (AvgIpc) is 3.51. The summed E-state index contributed by atoms with van der Waals surface area (Å²) in [5.74, 6) is 2.37. The molecule has 2 aliphatic rings. The summed E-state index contributed by atoms with van der Waals surface area (Å²) in [5, 5.41) is 5.83. The maximum Gasteiger partial charge on any atom is 0.226 e. The number of anilines is 1. The van der Waals surface area contributed by atoms with Crippen molar-refractivity contribution >= 4 is 22.4 Å². The number of carbonyl (C=O) groups is 1. The molecule has 0 saturated heterocycles. The second-order valence-electron chi connectivity index (χ2n) is 9.08. The Hall–Kier alpha value is -2.40. The Bertz CT molecular complexity index is 1050. The van der Waals surface area contributed by atoms with Gasteiger partial charge in [0.15, 0.2) is 5.13 Å². The van der Waals surface area contributed by atoms with Gasteiger partial charge in [-0.3, -0.25) is 4.79 Å². The molecule has 2 aliphatic carbocycles. The van der Waals surface area contributed by atoms with E-state index in [0.717, 1.165) is 29.6 Å². The van der Waals surface area contributed by atoms with Crippen molar-refractivity contribution in [3.63, 3.8) is 0 Å². The van der Waals surface area contributed by atoms with Crippen molar-refractivity contribution in [1.29, 1.82) is 0 Å². The average molecular weight is 420 g/mol. The number of aryl methyl sites for hydroxylation is 1. The van der Waals surface area contributed by atoms with Gasteiger partial charge in [0.25, 0.3) is 0 Å². The zero-order chi connectivity index (χ0) is 20.7. The summed E-state index contributed by atoms with van der Waals surface area (Å²) in [7, 11) is 0. The van der Waals surface area contributed by atoms with Crippen LogP contribution in [0.2, 0.25) is 0 Å². The van der Waals surface area contributed by atoms with Crippen LogP contribution in [-0.2, 0) is 11.3 Å². The number of benzene rings is 1. The molecular formula is C25H29N3OS. The quantitative estimate of drug-likeness (QED) is 0.529. The zero-order valence-corrected chi connectivity index (χ0v) is 18.5. The lowest BCUT2D eigenvalue weighted by Crippen LogP contribution is -2.20. The minimum atomic E-state index is 0.128. The minimum absolute atomic E-state index is 0.128. The lowest BCUT2D eigenvalue weighted by atomic mass is 9.86. The van der Waals surface area contributed by atoms with Gasteiger partial charge in [0.05, 0.1) is 5.69 Å². The molecule has 0 radical (unpaired) electrons. The highest BCUT2D eigenvalue weighted by Crippen LogP contribution is 2.49. The van der Waals surface area contributed by atoms with Crippen molar-refractivity contribution in [3.05, 3.63) is 58.7 Å². The van der Waals surface area contributed by atoms with E-state index >= 15 is 0 Å². The molecule has 0 unspecified atom stereocenters. The van der Waals surface area contributed by atoms with Crippen molar-refractivity contribution in [3.8, 4) is 11.3 Å². The fourth-order valence-corrected chi connectivity index (χ4v) is 6.29. The molecule has 0 spiro atoms. The van der Waals surface area contributed by atoms with Gasteiger partial charge in [0, 0.05) is 35.3 Å². The Morgan fingerprint density at radius 2 is 2.03 bits per heavy atom. The number of hydrogen-bond acceptors (Lipinski definition) is 3. The first-order chi connectivity index (χ1) is 14.6. The molecule has 4 nitrogen and oxygen atoms in total. The van der Waals surface area contributed by atoms with Crippen LogP contribution in [-0.4, -0.2) is 15.5 Å². The van der Waals surface area contributed by atoms with Gasteiger partial charge in [0.2, 0.25) is 5.91 Å². The Morgan fingerprint density at radius 1 is 1.20 bits per heavy atom. The molecule has 2 aromatic heterocycles. The van der Waals surface area contributed by atoms with E-state index in [-0.39, 0.29) is 5.91 Å². The zero-order valence-electron chi connectivity index (χ0n) is 17.7. The third kappa shape index (κ3) is 3.83. The topological polar surface area (TPSA) is 46.9 Å². The van der Waals surface area contributed by atoms with Gasteiger partial charge < -0.3 is 9.88 Å². The number of nitrogens with zero attached hydrogens (tertiary/aromatic N) is 2. The highest BCUT2D eigenvalue weighted by Gasteiger charge is 2.40. The summed E-state index contributed by atoms with van der Waals surface area (Å²) in [6.45, 7) is 5.15. The molecule has 1 aromatic carbocycles. The smallest absolute Gasteiger partial charge is 0.226 e. The molecule has 3 aromatic rings. The molecule has 2 bridgehead atoms. The van der Waals surface area contributed by atoms with Crippen LogP contribution in [0.4, 0.5) is 5.13 Å². The van der Waals surface area contributed by atoms with Gasteiger partial charge >= 0.3 is 0 Å². The number of hydrogen-bond donors (Lipinski definition) is 1. The molecule has 156 valence electrons. The van der Waals surface area contributed by atoms with Crippen LogP contribution in [0.25, 0.3) is 11.3 Å². The Morgan fingerprint density at radius 3 is 2.77 bits per heavy atom. The van der Waals surface area contributed by atoms with Gasteiger partial charge in [-0.05, 0) is 62.5 Å². The van der Waals surface area contributed by atoms with E-state index in [1.54, 1.807) is 0 Å².